The molecule has 0 atom stereocenters. The van der Waals surface area contributed by atoms with E-state index in [2.05, 4.69) is 0 Å². The zero-order valence-corrected chi connectivity index (χ0v) is 7.49. The first-order chi connectivity index (χ1) is 5.99. The smallest absolute Gasteiger partial charge is 0.329 e. The molecule has 0 radical (unpaired) electrons. The number of nitrogens with zero attached hydrogens (tertiary/aromatic N) is 1. The minimum Gasteiger partial charge on any atom is -0.329 e. The Bertz CT molecular complexity index is 220. The van der Waals surface area contributed by atoms with Crippen LogP contribution in [0.1, 0.15) is 0 Å². The average Bonchev–Trinajstić information content (AvgIpc) is 2.50. The second-order valence-electron chi connectivity index (χ2n) is 2.51. The number of alkyl halides is 3. The summed E-state index contributed by atoms with van der Waals surface area (Å²) in [6.45, 7) is 0.533. The standard InChI is InChI=1S/C7H8F3NOS/c8-7(9,10)2-1-6(12)11-3-4-13-5-11/h1-2H,3-5H2. The molecule has 13 heavy (non-hydrogen) atoms. The lowest BCUT2D eigenvalue weighted by Gasteiger charge is -2.10. The predicted molar refractivity (Wildman–Crippen MR) is 44.2 cm³/mol. The van der Waals surface area contributed by atoms with Gasteiger partial charge >= 0.3 is 6.18 Å². The molecule has 0 spiro atoms. The summed E-state index contributed by atoms with van der Waals surface area (Å²) in [6, 6.07) is 0. The quantitative estimate of drug-likeness (QED) is 0.614. The lowest BCUT2D eigenvalue weighted by molar-refractivity contribution is -0.125. The first-order valence-electron chi connectivity index (χ1n) is 3.62. The van der Waals surface area contributed by atoms with Crippen molar-refractivity contribution >= 4 is 17.7 Å². The fourth-order valence-electron chi connectivity index (χ4n) is 0.859. The number of hydrogen-bond acceptors (Lipinski definition) is 2. The Kier molecular flexibility index (Phi) is 3.24. The molecule has 1 aliphatic heterocycles. The van der Waals surface area contributed by atoms with Crippen molar-refractivity contribution in [2.75, 3.05) is 18.2 Å². The summed E-state index contributed by atoms with van der Waals surface area (Å²) >= 11 is 1.53. The predicted octanol–water partition coefficient (Wildman–Crippen LogP) is 1.64. The van der Waals surface area contributed by atoms with E-state index in [9.17, 15) is 18.0 Å². The van der Waals surface area contributed by atoms with E-state index in [1.165, 1.54) is 16.7 Å². The summed E-state index contributed by atoms with van der Waals surface area (Å²) in [6.07, 6.45) is -3.85. The van der Waals surface area contributed by atoms with Gasteiger partial charge in [-0.15, -0.1) is 11.8 Å². The van der Waals surface area contributed by atoms with E-state index in [1.54, 1.807) is 0 Å². The molecule has 1 rings (SSSR count). The monoisotopic (exact) mass is 211 g/mol. The highest BCUT2D eigenvalue weighted by Gasteiger charge is 2.24. The molecule has 2 nitrogen and oxygen atoms in total. The Morgan fingerprint density at radius 3 is 2.62 bits per heavy atom. The number of hydrogen-bond donors (Lipinski definition) is 0. The number of thioether (sulfide) groups is 1. The Labute approximate surface area is 77.8 Å². The summed E-state index contributed by atoms with van der Waals surface area (Å²) in [7, 11) is 0. The number of allylic oxidation sites excluding steroid dienone is 1. The Morgan fingerprint density at radius 1 is 1.46 bits per heavy atom. The molecule has 0 bridgehead atoms. The highest BCUT2D eigenvalue weighted by molar-refractivity contribution is 7.99. The van der Waals surface area contributed by atoms with E-state index in [1.807, 2.05) is 0 Å². The topological polar surface area (TPSA) is 20.3 Å². The van der Waals surface area contributed by atoms with Gasteiger partial charge in [0.1, 0.15) is 0 Å². The number of rotatable bonds is 1. The van der Waals surface area contributed by atoms with Crippen molar-refractivity contribution < 1.29 is 18.0 Å². The minimum atomic E-state index is -4.40. The molecule has 0 unspecified atom stereocenters. The van der Waals surface area contributed by atoms with Crippen LogP contribution in [0, 0.1) is 0 Å². The molecule has 0 aromatic heterocycles. The summed E-state index contributed by atoms with van der Waals surface area (Å²) in [5.41, 5.74) is 0. The van der Waals surface area contributed by atoms with Crippen LogP contribution in [-0.4, -0.2) is 35.2 Å². The van der Waals surface area contributed by atoms with E-state index in [4.69, 9.17) is 0 Å². The first kappa shape index (κ1) is 10.4. The first-order valence-corrected chi connectivity index (χ1v) is 4.77. The highest BCUT2D eigenvalue weighted by atomic mass is 32.2. The van der Waals surface area contributed by atoms with E-state index in [0.717, 1.165) is 5.75 Å². The Hall–Kier alpha value is -0.650. The molecule has 1 fully saturated rings. The molecule has 0 aliphatic carbocycles. The Balaban J connectivity index is 2.44. The van der Waals surface area contributed by atoms with Crippen LogP contribution in [0.2, 0.25) is 0 Å². The number of halogens is 3. The molecule has 1 amide bonds. The van der Waals surface area contributed by atoms with Gasteiger partial charge < -0.3 is 4.90 Å². The average molecular weight is 211 g/mol. The highest BCUT2D eigenvalue weighted by Crippen LogP contribution is 2.17. The van der Waals surface area contributed by atoms with Gasteiger partial charge in [-0.2, -0.15) is 13.2 Å². The van der Waals surface area contributed by atoms with Crippen molar-refractivity contribution in [2.45, 2.75) is 6.18 Å². The van der Waals surface area contributed by atoms with Gasteiger partial charge in [0, 0.05) is 24.4 Å². The molecule has 74 valence electrons. The Morgan fingerprint density at radius 2 is 2.15 bits per heavy atom. The molecular weight excluding hydrogens is 203 g/mol. The fourth-order valence-corrected chi connectivity index (χ4v) is 1.81. The van der Waals surface area contributed by atoms with Gasteiger partial charge in [-0.25, -0.2) is 0 Å². The lowest BCUT2D eigenvalue weighted by atomic mass is 10.4. The maximum Gasteiger partial charge on any atom is 0.409 e. The molecule has 0 aromatic carbocycles. The molecule has 1 heterocycles. The third-order valence-electron chi connectivity index (χ3n) is 1.48. The third kappa shape index (κ3) is 3.71. The van der Waals surface area contributed by atoms with Gasteiger partial charge in [0.2, 0.25) is 5.91 Å². The molecule has 0 saturated carbocycles. The van der Waals surface area contributed by atoms with Gasteiger partial charge in [0.25, 0.3) is 0 Å². The van der Waals surface area contributed by atoms with Crippen LogP contribution in [0.3, 0.4) is 0 Å². The second kappa shape index (κ2) is 4.04. The fraction of sp³-hybridized carbons (Fsp3) is 0.571. The van der Waals surface area contributed by atoms with Crippen molar-refractivity contribution in [1.29, 1.82) is 0 Å². The summed E-state index contributed by atoms with van der Waals surface area (Å²) < 4.78 is 34.9. The van der Waals surface area contributed by atoms with Crippen LogP contribution < -0.4 is 0 Å². The molecule has 0 aromatic rings. The zero-order chi connectivity index (χ0) is 9.90. The van der Waals surface area contributed by atoms with Crippen LogP contribution >= 0.6 is 11.8 Å². The van der Waals surface area contributed by atoms with Crippen molar-refractivity contribution in [2.24, 2.45) is 0 Å². The van der Waals surface area contributed by atoms with Gasteiger partial charge in [0.05, 0.1) is 5.88 Å². The van der Waals surface area contributed by atoms with Crippen molar-refractivity contribution in [1.82, 2.24) is 4.90 Å². The van der Waals surface area contributed by atoms with E-state index in [0.29, 0.717) is 18.5 Å². The largest absolute Gasteiger partial charge is 0.409 e. The van der Waals surface area contributed by atoms with Crippen molar-refractivity contribution in [3.63, 3.8) is 0 Å². The number of carbonyl (C=O) groups is 1. The van der Waals surface area contributed by atoms with Gasteiger partial charge in [-0.1, -0.05) is 0 Å². The van der Waals surface area contributed by atoms with Crippen LogP contribution in [0.25, 0.3) is 0 Å². The molecule has 1 saturated heterocycles. The molecule has 6 heteroatoms. The SMILES string of the molecule is O=C(C=CC(F)(F)F)N1CCSC1. The van der Waals surface area contributed by atoms with Crippen LogP contribution in [0.5, 0.6) is 0 Å². The van der Waals surface area contributed by atoms with E-state index in [-0.39, 0.29) is 6.08 Å². The maximum absolute atomic E-state index is 11.6. The third-order valence-corrected chi connectivity index (χ3v) is 2.44. The zero-order valence-electron chi connectivity index (χ0n) is 6.67. The second-order valence-corrected chi connectivity index (χ2v) is 3.59. The van der Waals surface area contributed by atoms with Gasteiger partial charge in [-0.05, 0) is 0 Å². The van der Waals surface area contributed by atoms with Crippen molar-refractivity contribution in [3.05, 3.63) is 12.2 Å². The van der Waals surface area contributed by atoms with Gasteiger partial charge in [0.15, 0.2) is 0 Å². The van der Waals surface area contributed by atoms with E-state index < -0.39 is 12.1 Å². The number of carbonyl (C=O) groups excluding carboxylic acids is 1. The number of amides is 1. The summed E-state index contributed by atoms with van der Waals surface area (Å²) in [4.78, 5) is 12.4. The minimum absolute atomic E-state index is 0.0294. The molecule has 0 N–H and O–H groups in total. The van der Waals surface area contributed by atoms with E-state index >= 15 is 0 Å². The van der Waals surface area contributed by atoms with Crippen molar-refractivity contribution in [3.8, 4) is 0 Å². The van der Waals surface area contributed by atoms with Crippen LogP contribution in [-0.2, 0) is 4.79 Å². The summed E-state index contributed by atoms with van der Waals surface area (Å²) in [5.74, 6) is 0.717. The molecule has 1 aliphatic rings. The normalized spacial score (nSPS) is 18.5. The summed E-state index contributed by atoms with van der Waals surface area (Å²) in [5, 5.41) is 0. The van der Waals surface area contributed by atoms with Crippen LogP contribution in [0.4, 0.5) is 13.2 Å². The molecular formula is C7H8F3NOS. The maximum atomic E-state index is 11.6. The van der Waals surface area contributed by atoms with Crippen LogP contribution in [0.15, 0.2) is 12.2 Å². The lowest BCUT2D eigenvalue weighted by Crippen LogP contribution is -2.26. The van der Waals surface area contributed by atoms with Gasteiger partial charge in [-0.3, -0.25) is 4.79 Å².